The molecule has 1 N–H and O–H groups in total. The number of nitrogens with zero attached hydrogens (tertiary/aromatic N) is 2. The summed E-state index contributed by atoms with van der Waals surface area (Å²) in [5.74, 6) is 0. The van der Waals surface area contributed by atoms with Gasteiger partial charge in [0.25, 0.3) is 0 Å². The Balaban J connectivity index is 2.68. The zero-order valence-electron chi connectivity index (χ0n) is 11.3. The molecule has 0 bridgehead atoms. The van der Waals surface area contributed by atoms with E-state index in [-0.39, 0.29) is 0 Å². The van der Waals surface area contributed by atoms with Gasteiger partial charge in [0.2, 0.25) is 0 Å². The van der Waals surface area contributed by atoms with Gasteiger partial charge in [-0.1, -0.05) is 31.1 Å². The number of anilines is 1. The molecule has 1 unspecified atom stereocenters. The molecule has 1 aromatic rings. The Kier molecular flexibility index (Phi) is 5.92. The van der Waals surface area contributed by atoms with Crippen LogP contribution in [0.25, 0.3) is 0 Å². The molecule has 0 fully saturated rings. The zero-order valence-corrected chi connectivity index (χ0v) is 12.1. The van der Waals surface area contributed by atoms with Crippen molar-refractivity contribution in [3.05, 3.63) is 11.1 Å². The normalized spacial score (nSPS) is 13.1. The molecule has 0 radical (unpaired) electrons. The first-order valence-corrected chi connectivity index (χ1v) is 7.28. The fraction of sp³-hybridized carbons (Fsp3) is 0.769. The largest absolute Gasteiger partial charge is 0.388 e. The predicted molar refractivity (Wildman–Crippen MR) is 74.8 cm³/mol. The highest BCUT2D eigenvalue weighted by molar-refractivity contribution is 7.15. The summed E-state index contributed by atoms with van der Waals surface area (Å²) in [5, 5.41) is 10.6. The van der Waals surface area contributed by atoms with Crippen molar-refractivity contribution in [2.24, 2.45) is 0 Å². The molecule has 1 heterocycles. The van der Waals surface area contributed by atoms with Crippen LogP contribution in [-0.2, 0) is 0 Å². The van der Waals surface area contributed by atoms with Crippen molar-refractivity contribution in [1.29, 1.82) is 0 Å². The highest BCUT2D eigenvalue weighted by Gasteiger charge is 2.15. The third-order valence-corrected chi connectivity index (χ3v) is 4.00. The van der Waals surface area contributed by atoms with E-state index in [1.807, 2.05) is 0 Å². The van der Waals surface area contributed by atoms with E-state index in [1.165, 1.54) is 19.3 Å². The molecule has 0 saturated heterocycles. The number of hydrogen-bond acceptors (Lipinski definition) is 4. The third kappa shape index (κ3) is 4.28. The molecule has 17 heavy (non-hydrogen) atoms. The number of aliphatic hydroxyl groups is 1. The minimum absolute atomic E-state index is 0.411. The Hall–Kier alpha value is -0.610. The van der Waals surface area contributed by atoms with E-state index in [2.05, 4.69) is 30.7 Å². The molecule has 3 nitrogen and oxygen atoms in total. The lowest BCUT2D eigenvalue weighted by Gasteiger charge is -2.26. The van der Waals surface area contributed by atoms with Crippen LogP contribution in [0.4, 0.5) is 5.13 Å². The van der Waals surface area contributed by atoms with Crippen molar-refractivity contribution in [3.63, 3.8) is 0 Å². The molecule has 0 amide bonds. The molecular weight excluding hydrogens is 232 g/mol. The first-order chi connectivity index (χ1) is 8.06. The van der Waals surface area contributed by atoms with Gasteiger partial charge >= 0.3 is 0 Å². The van der Waals surface area contributed by atoms with Crippen LogP contribution in [0.1, 0.15) is 57.9 Å². The number of unbranched alkanes of at least 4 members (excludes halogenated alkanes) is 2. The van der Waals surface area contributed by atoms with Gasteiger partial charge in [-0.25, -0.2) is 4.98 Å². The van der Waals surface area contributed by atoms with E-state index in [9.17, 15) is 5.11 Å². The Bertz CT molecular complexity index is 323. The number of thiazole rings is 1. The highest BCUT2D eigenvalue weighted by Crippen LogP contribution is 2.28. The lowest BCUT2D eigenvalue weighted by molar-refractivity contribution is 0.203. The minimum Gasteiger partial charge on any atom is -0.388 e. The van der Waals surface area contributed by atoms with Crippen LogP contribution >= 0.6 is 11.3 Å². The summed E-state index contributed by atoms with van der Waals surface area (Å²) < 4.78 is 0. The van der Waals surface area contributed by atoms with Gasteiger partial charge < -0.3 is 10.0 Å². The molecule has 1 atom stereocenters. The second-order valence-corrected chi connectivity index (χ2v) is 5.76. The zero-order chi connectivity index (χ0) is 12.8. The van der Waals surface area contributed by atoms with Crippen LogP contribution < -0.4 is 4.90 Å². The number of aliphatic hydroxyl groups excluding tert-OH is 1. The Labute approximate surface area is 108 Å². The van der Waals surface area contributed by atoms with Gasteiger partial charge in [-0.05, 0) is 27.2 Å². The molecular formula is C13H24N2OS. The van der Waals surface area contributed by atoms with Crippen molar-refractivity contribution in [2.45, 2.75) is 59.1 Å². The monoisotopic (exact) mass is 256 g/mol. The molecule has 0 aliphatic heterocycles. The lowest BCUT2D eigenvalue weighted by atomic mass is 10.2. The molecule has 0 spiro atoms. The van der Waals surface area contributed by atoms with Gasteiger partial charge in [0.1, 0.15) is 0 Å². The van der Waals surface area contributed by atoms with E-state index in [0.717, 1.165) is 16.6 Å². The summed E-state index contributed by atoms with van der Waals surface area (Å²) in [7, 11) is 0. The maximum absolute atomic E-state index is 9.52. The van der Waals surface area contributed by atoms with Crippen LogP contribution in [0.2, 0.25) is 0 Å². The summed E-state index contributed by atoms with van der Waals surface area (Å²) in [4.78, 5) is 7.69. The summed E-state index contributed by atoms with van der Waals surface area (Å²) in [6.45, 7) is 9.44. The minimum atomic E-state index is -0.411. The second-order valence-electron chi connectivity index (χ2n) is 4.72. The standard InChI is InChI=1S/C13H24N2OS/c1-5-6-7-8-15(10(2)3)13-14-9-12(17-13)11(4)16/h9-11,16H,5-8H2,1-4H3. The third-order valence-electron chi connectivity index (χ3n) is 2.79. The summed E-state index contributed by atoms with van der Waals surface area (Å²) in [5.41, 5.74) is 0. The molecule has 0 aliphatic carbocycles. The maximum Gasteiger partial charge on any atom is 0.185 e. The maximum atomic E-state index is 9.52. The molecule has 0 saturated carbocycles. The summed E-state index contributed by atoms with van der Waals surface area (Å²) >= 11 is 1.60. The first kappa shape index (κ1) is 14.5. The van der Waals surface area contributed by atoms with Crippen molar-refractivity contribution < 1.29 is 5.11 Å². The van der Waals surface area contributed by atoms with Crippen molar-refractivity contribution >= 4 is 16.5 Å². The lowest BCUT2D eigenvalue weighted by Crippen LogP contribution is -2.31. The smallest absolute Gasteiger partial charge is 0.185 e. The van der Waals surface area contributed by atoms with E-state index in [0.29, 0.717) is 6.04 Å². The van der Waals surface area contributed by atoms with Crippen molar-refractivity contribution in [3.8, 4) is 0 Å². The van der Waals surface area contributed by atoms with Crippen molar-refractivity contribution in [1.82, 2.24) is 4.98 Å². The average molecular weight is 256 g/mol. The molecule has 1 rings (SSSR count). The highest BCUT2D eigenvalue weighted by atomic mass is 32.1. The Morgan fingerprint density at radius 1 is 1.35 bits per heavy atom. The summed E-state index contributed by atoms with van der Waals surface area (Å²) in [6.07, 6.45) is 5.09. The van der Waals surface area contributed by atoms with Gasteiger partial charge in [-0.3, -0.25) is 0 Å². The fourth-order valence-electron chi connectivity index (χ4n) is 1.71. The van der Waals surface area contributed by atoms with Crippen LogP contribution in [0.3, 0.4) is 0 Å². The Morgan fingerprint density at radius 3 is 2.53 bits per heavy atom. The Morgan fingerprint density at radius 2 is 2.06 bits per heavy atom. The molecule has 0 aliphatic rings. The van der Waals surface area contributed by atoms with E-state index < -0.39 is 6.10 Å². The molecule has 4 heteroatoms. The van der Waals surface area contributed by atoms with E-state index in [1.54, 1.807) is 24.5 Å². The molecule has 1 aromatic heterocycles. The first-order valence-electron chi connectivity index (χ1n) is 6.46. The van der Waals surface area contributed by atoms with E-state index in [4.69, 9.17) is 0 Å². The van der Waals surface area contributed by atoms with Gasteiger partial charge in [-0.2, -0.15) is 0 Å². The SMILES string of the molecule is CCCCCN(c1ncc(C(C)O)s1)C(C)C. The topological polar surface area (TPSA) is 36.4 Å². The average Bonchev–Trinajstić information content (AvgIpc) is 2.73. The van der Waals surface area contributed by atoms with Gasteiger partial charge in [0, 0.05) is 18.8 Å². The quantitative estimate of drug-likeness (QED) is 0.757. The number of aromatic nitrogens is 1. The van der Waals surface area contributed by atoms with Gasteiger partial charge in [-0.15, -0.1) is 0 Å². The molecule has 98 valence electrons. The van der Waals surface area contributed by atoms with Crippen LogP contribution in [0.5, 0.6) is 0 Å². The van der Waals surface area contributed by atoms with E-state index >= 15 is 0 Å². The molecule has 0 aromatic carbocycles. The van der Waals surface area contributed by atoms with Gasteiger partial charge in [0.05, 0.1) is 11.0 Å². The van der Waals surface area contributed by atoms with Gasteiger partial charge in [0.15, 0.2) is 5.13 Å². The second kappa shape index (κ2) is 6.97. The van der Waals surface area contributed by atoms with Crippen LogP contribution in [0, 0.1) is 0 Å². The predicted octanol–water partition coefficient (Wildman–Crippen LogP) is 3.60. The summed E-state index contributed by atoms with van der Waals surface area (Å²) in [6, 6.07) is 0.458. The number of rotatable bonds is 7. The van der Waals surface area contributed by atoms with Crippen LogP contribution in [0.15, 0.2) is 6.20 Å². The fourth-order valence-corrected chi connectivity index (χ4v) is 2.72. The number of hydrogen-bond donors (Lipinski definition) is 1. The van der Waals surface area contributed by atoms with Crippen LogP contribution in [-0.4, -0.2) is 22.7 Å². The van der Waals surface area contributed by atoms with Crippen molar-refractivity contribution in [2.75, 3.05) is 11.4 Å².